The highest BCUT2D eigenvalue weighted by molar-refractivity contribution is 5.86. The summed E-state index contributed by atoms with van der Waals surface area (Å²) in [4.78, 5) is 14.2. The SMILES string of the molecule is COC(=O)C=CC1C=N1. The summed E-state index contributed by atoms with van der Waals surface area (Å²) in [6.07, 6.45) is 4.81. The van der Waals surface area contributed by atoms with E-state index < -0.39 is 0 Å². The normalized spacial score (nSPS) is 22.6. The van der Waals surface area contributed by atoms with Crippen molar-refractivity contribution in [2.24, 2.45) is 4.99 Å². The summed E-state index contributed by atoms with van der Waals surface area (Å²) >= 11 is 0. The number of hydrogen-bond donors (Lipinski definition) is 0. The Hall–Kier alpha value is -1.12. The molecule has 0 fully saturated rings. The molecule has 3 heteroatoms. The van der Waals surface area contributed by atoms with Crippen LogP contribution >= 0.6 is 0 Å². The molecule has 48 valence electrons. The van der Waals surface area contributed by atoms with Gasteiger partial charge in [-0.15, -0.1) is 0 Å². The highest BCUT2D eigenvalue weighted by Crippen LogP contribution is 2.01. The molecule has 0 aromatic heterocycles. The Balaban J connectivity index is 2.21. The second-order valence-corrected chi connectivity index (χ2v) is 1.67. The number of carbonyl (C=O) groups excluding carboxylic acids is 1. The molecular formula is C6H7NO2. The molecule has 0 bridgehead atoms. The topological polar surface area (TPSA) is 38.7 Å². The summed E-state index contributed by atoms with van der Waals surface area (Å²) in [6, 6.07) is 0.157. The Morgan fingerprint density at radius 2 is 2.56 bits per heavy atom. The molecule has 1 aliphatic rings. The van der Waals surface area contributed by atoms with Crippen molar-refractivity contribution in [1.29, 1.82) is 0 Å². The minimum absolute atomic E-state index is 0.157. The molecule has 0 aromatic rings. The first-order chi connectivity index (χ1) is 4.33. The van der Waals surface area contributed by atoms with Crippen LogP contribution in [-0.2, 0) is 9.53 Å². The predicted molar refractivity (Wildman–Crippen MR) is 33.4 cm³/mol. The molecule has 1 atom stereocenters. The predicted octanol–water partition coefficient (Wildman–Crippen LogP) is 0.169. The van der Waals surface area contributed by atoms with Gasteiger partial charge in [-0.05, 0) is 6.08 Å². The quantitative estimate of drug-likeness (QED) is 0.389. The van der Waals surface area contributed by atoms with Gasteiger partial charge in [-0.1, -0.05) is 0 Å². The maximum absolute atomic E-state index is 10.4. The molecule has 0 N–H and O–H groups in total. The van der Waals surface area contributed by atoms with Crippen LogP contribution in [0.25, 0.3) is 0 Å². The summed E-state index contributed by atoms with van der Waals surface area (Å²) in [5, 5.41) is 0. The van der Waals surface area contributed by atoms with E-state index >= 15 is 0 Å². The third kappa shape index (κ3) is 2.08. The Labute approximate surface area is 53.0 Å². The summed E-state index contributed by atoms with van der Waals surface area (Å²) in [7, 11) is 1.35. The molecule has 1 rings (SSSR count). The minimum atomic E-state index is -0.328. The maximum Gasteiger partial charge on any atom is 0.330 e. The lowest BCUT2D eigenvalue weighted by molar-refractivity contribution is -0.134. The number of methoxy groups -OCH3 is 1. The van der Waals surface area contributed by atoms with Gasteiger partial charge >= 0.3 is 5.97 Å². The fourth-order valence-corrected chi connectivity index (χ4v) is 0.394. The van der Waals surface area contributed by atoms with Gasteiger partial charge in [0.2, 0.25) is 0 Å². The lowest BCUT2D eigenvalue weighted by Gasteiger charge is -1.86. The van der Waals surface area contributed by atoms with Crippen LogP contribution in [0.2, 0.25) is 0 Å². The van der Waals surface area contributed by atoms with Crippen LogP contribution in [0.5, 0.6) is 0 Å². The van der Waals surface area contributed by atoms with Gasteiger partial charge in [-0.2, -0.15) is 0 Å². The summed E-state index contributed by atoms with van der Waals surface area (Å²) in [6.45, 7) is 0. The first-order valence-electron chi connectivity index (χ1n) is 2.62. The fourth-order valence-electron chi connectivity index (χ4n) is 0.394. The second-order valence-electron chi connectivity index (χ2n) is 1.67. The van der Waals surface area contributed by atoms with Crippen LogP contribution in [0.3, 0.4) is 0 Å². The van der Waals surface area contributed by atoms with Gasteiger partial charge < -0.3 is 4.74 Å². The maximum atomic E-state index is 10.4. The number of esters is 1. The number of carbonyl (C=O) groups is 1. The molecule has 0 spiro atoms. The summed E-state index contributed by atoms with van der Waals surface area (Å²) in [5.74, 6) is -0.328. The lowest BCUT2D eigenvalue weighted by Crippen LogP contribution is -1.94. The Kier molecular flexibility index (Phi) is 1.63. The molecule has 0 saturated heterocycles. The molecule has 3 nitrogen and oxygen atoms in total. The van der Waals surface area contributed by atoms with Crippen LogP contribution in [0.15, 0.2) is 17.1 Å². The lowest BCUT2D eigenvalue weighted by atomic mass is 10.4. The number of nitrogens with zero attached hydrogens (tertiary/aromatic N) is 1. The van der Waals surface area contributed by atoms with E-state index in [1.54, 1.807) is 12.3 Å². The summed E-state index contributed by atoms with van der Waals surface area (Å²) < 4.78 is 4.35. The Morgan fingerprint density at radius 3 is 3.00 bits per heavy atom. The monoisotopic (exact) mass is 125 g/mol. The Morgan fingerprint density at radius 1 is 1.89 bits per heavy atom. The molecule has 9 heavy (non-hydrogen) atoms. The third-order valence-corrected chi connectivity index (χ3v) is 0.952. The molecule has 1 aliphatic heterocycles. The van der Waals surface area contributed by atoms with Crippen molar-refractivity contribution >= 4 is 12.2 Å². The number of ether oxygens (including phenoxy) is 1. The van der Waals surface area contributed by atoms with Gasteiger partial charge in [0.15, 0.2) is 0 Å². The molecule has 0 amide bonds. The number of aliphatic imine (C=N–C) groups is 1. The van der Waals surface area contributed by atoms with Crippen LogP contribution in [0.4, 0.5) is 0 Å². The van der Waals surface area contributed by atoms with Crippen LogP contribution < -0.4 is 0 Å². The first kappa shape index (κ1) is 6.01. The van der Waals surface area contributed by atoms with Crippen LogP contribution in [-0.4, -0.2) is 25.3 Å². The zero-order valence-electron chi connectivity index (χ0n) is 5.07. The van der Waals surface area contributed by atoms with Crippen molar-refractivity contribution in [2.75, 3.05) is 7.11 Å². The van der Waals surface area contributed by atoms with Crippen molar-refractivity contribution in [3.63, 3.8) is 0 Å². The average molecular weight is 125 g/mol. The van der Waals surface area contributed by atoms with Crippen molar-refractivity contribution in [2.45, 2.75) is 6.04 Å². The van der Waals surface area contributed by atoms with Crippen molar-refractivity contribution < 1.29 is 9.53 Å². The second kappa shape index (κ2) is 2.44. The standard InChI is InChI=1S/C6H7NO2/c1-9-6(8)3-2-5-4-7-5/h2-5H,1H3. The van der Waals surface area contributed by atoms with Crippen molar-refractivity contribution in [3.8, 4) is 0 Å². The average Bonchev–Trinajstić information content (AvgIpc) is 2.65. The van der Waals surface area contributed by atoms with Crippen molar-refractivity contribution in [3.05, 3.63) is 12.2 Å². The fraction of sp³-hybridized carbons (Fsp3) is 0.333. The van der Waals surface area contributed by atoms with Gasteiger partial charge in [0.1, 0.15) is 6.04 Å². The van der Waals surface area contributed by atoms with E-state index in [0.29, 0.717) is 0 Å². The van der Waals surface area contributed by atoms with Crippen molar-refractivity contribution in [1.82, 2.24) is 0 Å². The molecule has 0 saturated carbocycles. The van der Waals surface area contributed by atoms with Gasteiger partial charge in [0, 0.05) is 12.3 Å². The van der Waals surface area contributed by atoms with Crippen LogP contribution in [0, 0.1) is 0 Å². The van der Waals surface area contributed by atoms with E-state index in [2.05, 4.69) is 9.73 Å². The van der Waals surface area contributed by atoms with Gasteiger partial charge in [-0.3, -0.25) is 4.99 Å². The highest BCUT2D eigenvalue weighted by atomic mass is 16.5. The zero-order chi connectivity index (χ0) is 6.69. The first-order valence-corrected chi connectivity index (χ1v) is 2.62. The Bertz CT molecular complexity index is 166. The number of rotatable bonds is 2. The van der Waals surface area contributed by atoms with E-state index in [0.717, 1.165) is 0 Å². The van der Waals surface area contributed by atoms with E-state index in [4.69, 9.17) is 0 Å². The number of hydrogen-bond acceptors (Lipinski definition) is 3. The van der Waals surface area contributed by atoms with E-state index in [9.17, 15) is 4.79 Å². The molecule has 1 unspecified atom stereocenters. The van der Waals surface area contributed by atoms with Gasteiger partial charge in [0.05, 0.1) is 7.11 Å². The highest BCUT2D eigenvalue weighted by Gasteiger charge is 2.07. The zero-order valence-corrected chi connectivity index (χ0v) is 5.07. The molecule has 1 heterocycles. The van der Waals surface area contributed by atoms with Gasteiger partial charge in [-0.25, -0.2) is 4.79 Å². The largest absolute Gasteiger partial charge is 0.466 e. The molecule has 0 radical (unpaired) electrons. The summed E-state index contributed by atoms with van der Waals surface area (Å²) in [5.41, 5.74) is 0. The van der Waals surface area contributed by atoms with E-state index in [1.165, 1.54) is 13.2 Å². The molecular weight excluding hydrogens is 118 g/mol. The van der Waals surface area contributed by atoms with E-state index in [1.807, 2.05) is 0 Å². The third-order valence-electron chi connectivity index (χ3n) is 0.952. The smallest absolute Gasteiger partial charge is 0.330 e. The molecule has 0 aromatic carbocycles. The van der Waals surface area contributed by atoms with Crippen LogP contribution in [0.1, 0.15) is 0 Å². The minimum Gasteiger partial charge on any atom is -0.466 e. The van der Waals surface area contributed by atoms with Gasteiger partial charge in [0.25, 0.3) is 0 Å². The molecule has 0 aliphatic carbocycles. The van der Waals surface area contributed by atoms with E-state index in [-0.39, 0.29) is 12.0 Å².